The summed E-state index contributed by atoms with van der Waals surface area (Å²) in [5, 5.41) is 0. The minimum Gasteiger partial charge on any atom is -0.377 e. The van der Waals surface area contributed by atoms with E-state index in [-0.39, 0.29) is 0 Å². The molecule has 0 aliphatic rings. The normalized spacial score (nSPS) is 16.3. The van der Waals surface area contributed by atoms with Gasteiger partial charge in [0.1, 0.15) is 11.8 Å². The van der Waals surface area contributed by atoms with Crippen LogP contribution >= 0.6 is 0 Å². The van der Waals surface area contributed by atoms with Crippen LogP contribution in [0.2, 0.25) is 0 Å². The quantitative estimate of drug-likeness (QED) is 0.609. The summed E-state index contributed by atoms with van der Waals surface area (Å²) in [5.41, 5.74) is -7.66. The molecule has 1 aromatic rings. The number of alkyl halides is 10. The molecule has 0 aliphatic carbocycles. The van der Waals surface area contributed by atoms with Gasteiger partial charge in [-0.3, -0.25) is 4.98 Å². The Balaban J connectivity index is 3.31. The molecule has 0 fully saturated rings. The lowest BCUT2D eigenvalue weighted by atomic mass is 9.90. The molecule has 3 nitrogen and oxygen atoms in total. The molecular formula is C14H13F10NO2. The topological polar surface area (TPSA) is 31.4 Å². The highest BCUT2D eigenvalue weighted by Crippen LogP contribution is 2.51. The zero-order chi connectivity index (χ0) is 21.3. The maximum atomic E-state index is 14.1. The third-order valence-corrected chi connectivity index (χ3v) is 3.71. The monoisotopic (exact) mass is 417 g/mol. The Morgan fingerprint density at radius 2 is 1.41 bits per heavy atom. The molecule has 0 amide bonds. The lowest BCUT2D eigenvalue weighted by molar-refractivity contribution is -0.368. The summed E-state index contributed by atoms with van der Waals surface area (Å²) < 4.78 is 138. The SMILES string of the molecule is COC(CC(OC)C(F)(C(F)(F)F)C(F)(F)F)c1ccnc(C(F)(F)F)c1. The van der Waals surface area contributed by atoms with E-state index in [0.717, 1.165) is 13.2 Å². The van der Waals surface area contributed by atoms with Crippen molar-refractivity contribution in [1.29, 1.82) is 0 Å². The largest absolute Gasteiger partial charge is 0.434 e. The average Bonchev–Trinajstić information content (AvgIpc) is 2.52. The predicted octanol–water partition coefficient (Wildman–Crippen LogP) is 5.03. The number of aromatic nitrogens is 1. The first-order valence-corrected chi connectivity index (χ1v) is 7.00. The highest BCUT2D eigenvalue weighted by atomic mass is 19.4. The zero-order valence-electron chi connectivity index (χ0n) is 13.6. The standard InChI is InChI=1S/C14H13F10NO2/c1-26-8(7-3-4-25-9(5-7)12(16,17)18)6-10(27-2)11(15,13(19,20)21)14(22,23)24/h3-5,8,10H,6H2,1-2H3. The molecule has 0 N–H and O–H groups in total. The Kier molecular flexibility index (Phi) is 6.74. The van der Waals surface area contributed by atoms with Gasteiger partial charge in [-0.15, -0.1) is 0 Å². The Labute approximate surface area is 146 Å². The van der Waals surface area contributed by atoms with Crippen LogP contribution in [0, 0.1) is 0 Å². The van der Waals surface area contributed by atoms with Crippen LogP contribution in [0.3, 0.4) is 0 Å². The number of ether oxygens (including phenoxy) is 2. The van der Waals surface area contributed by atoms with Crippen molar-refractivity contribution in [2.45, 2.75) is 42.8 Å². The molecule has 1 rings (SSSR count). The van der Waals surface area contributed by atoms with Gasteiger partial charge in [0.25, 0.3) is 0 Å². The number of hydrogen-bond donors (Lipinski definition) is 0. The van der Waals surface area contributed by atoms with E-state index in [2.05, 4.69) is 14.5 Å². The molecule has 2 unspecified atom stereocenters. The molecule has 1 aromatic heterocycles. The average molecular weight is 417 g/mol. The highest BCUT2D eigenvalue weighted by molar-refractivity contribution is 5.21. The molecule has 0 bridgehead atoms. The Morgan fingerprint density at radius 1 is 0.889 bits per heavy atom. The van der Waals surface area contributed by atoms with Crippen LogP contribution in [0.1, 0.15) is 23.8 Å². The first kappa shape index (κ1) is 23.4. The van der Waals surface area contributed by atoms with Crippen LogP contribution in [-0.4, -0.2) is 43.3 Å². The summed E-state index contributed by atoms with van der Waals surface area (Å²) in [7, 11) is 1.24. The Bertz CT molecular complexity index is 612. The zero-order valence-corrected chi connectivity index (χ0v) is 13.6. The van der Waals surface area contributed by atoms with Crippen molar-refractivity contribution in [1.82, 2.24) is 4.98 Å². The third kappa shape index (κ3) is 4.81. The van der Waals surface area contributed by atoms with E-state index in [1.54, 1.807) is 0 Å². The van der Waals surface area contributed by atoms with E-state index in [9.17, 15) is 43.9 Å². The van der Waals surface area contributed by atoms with E-state index in [4.69, 9.17) is 0 Å². The van der Waals surface area contributed by atoms with Crippen molar-refractivity contribution in [3.8, 4) is 0 Å². The summed E-state index contributed by atoms with van der Waals surface area (Å²) in [6.07, 6.45) is -23.3. The summed E-state index contributed by atoms with van der Waals surface area (Å²) in [6, 6.07) is 1.26. The molecule has 0 aliphatic heterocycles. The number of halogens is 10. The van der Waals surface area contributed by atoms with Crippen LogP contribution in [-0.2, 0) is 15.7 Å². The summed E-state index contributed by atoms with van der Waals surface area (Å²) in [6.45, 7) is 0. The second kappa shape index (κ2) is 7.78. The van der Waals surface area contributed by atoms with Gasteiger partial charge in [0, 0.05) is 26.8 Å². The van der Waals surface area contributed by atoms with Gasteiger partial charge < -0.3 is 9.47 Å². The molecule has 0 spiro atoms. The molecular weight excluding hydrogens is 404 g/mol. The number of hydrogen-bond acceptors (Lipinski definition) is 3. The van der Waals surface area contributed by atoms with Crippen LogP contribution in [0.15, 0.2) is 18.3 Å². The Morgan fingerprint density at radius 3 is 1.78 bits per heavy atom. The van der Waals surface area contributed by atoms with E-state index in [1.807, 2.05) is 0 Å². The maximum Gasteiger partial charge on any atom is 0.434 e. The number of pyridine rings is 1. The highest BCUT2D eigenvalue weighted by Gasteiger charge is 2.76. The third-order valence-electron chi connectivity index (χ3n) is 3.71. The molecule has 156 valence electrons. The van der Waals surface area contributed by atoms with E-state index < -0.39 is 54.1 Å². The number of rotatable bonds is 6. The predicted molar refractivity (Wildman–Crippen MR) is 70.4 cm³/mol. The fourth-order valence-electron chi connectivity index (χ4n) is 2.31. The van der Waals surface area contributed by atoms with Gasteiger partial charge >= 0.3 is 24.2 Å². The molecule has 0 radical (unpaired) electrons. The van der Waals surface area contributed by atoms with Gasteiger partial charge in [0.15, 0.2) is 0 Å². The van der Waals surface area contributed by atoms with Gasteiger partial charge in [-0.25, -0.2) is 4.39 Å². The van der Waals surface area contributed by atoms with E-state index in [1.165, 1.54) is 0 Å². The molecule has 2 atom stereocenters. The number of nitrogens with zero attached hydrogens (tertiary/aromatic N) is 1. The van der Waals surface area contributed by atoms with E-state index in [0.29, 0.717) is 19.4 Å². The molecule has 0 saturated carbocycles. The van der Waals surface area contributed by atoms with Crippen molar-refractivity contribution in [2.75, 3.05) is 14.2 Å². The molecule has 27 heavy (non-hydrogen) atoms. The molecule has 0 saturated heterocycles. The Hall–Kier alpha value is -1.63. The van der Waals surface area contributed by atoms with Crippen molar-refractivity contribution in [2.24, 2.45) is 0 Å². The van der Waals surface area contributed by atoms with Crippen molar-refractivity contribution in [3.05, 3.63) is 29.6 Å². The minimum atomic E-state index is -6.39. The van der Waals surface area contributed by atoms with Crippen LogP contribution in [0.25, 0.3) is 0 Å². The molecule has 13 heteroatoms. The van der Waals surface area contributed by atoms with Crippen molar-refractivity contribution >= 4 is 0 Å². The molecule has 0 aromatic carbocycles. The molecule has 1 heterocycles. The van der Waals surface area contributed by atoms with Crippen LogP contribution < -0.4 is 0 Å². The van der Waals surface area contributed by atoms with Gasteiger partial charge in [-0.2, -0.15) is 39.5 Å². The summed E-state index contributed by atoms with van der Waals surface area (Å²) in [5.74, 6) is 0. The lowest BCUT2D eigenvalue weighted by Crippen LogP contribution is -2.61. The maximum absolute atomic E-state index is 14.1. The number of methoxy groups -OCH3 is 2. The van der Waals surface area contributed by atoms with Gasteiger partial charge in [0.05, 0.1) is 6.10 Å². The van der Waals surface area contributed by atoms with Crippen LogP contribution in [0.4, 0.5) is 43.9 Å². The second-order valence-corrected chi connectivity index (χ2v) is 5.36. The van der Waals surface area contributed by atoms with E-state index >= 15 is 0 Å². The minimum absolute atomic E-state index is 0.377. The van der Waals surface area contributed by atoms with Gasteiger partial charge in [-0.05, 0) is 17.7 Å². The smallest absolute Gasteiger partial charge is 0.377 e. The first-order chi connectivity index (χ1) is 12.1. The second-order valence-electron chi connectivity index (χ2n) is 5.36. The van der Waals surface area contributed by atoms with Crippen molar-refractivity contribution < 1.29 is 53.4 Å². The fourth-order valence-corrected chi connectivity index (χ4v) is 2.31. The fraction of sp³-hybridized carbons (Fsp3) is 0.643. The first-order valence-electron chi connectivity index (χ1n) is 7.00. The van der Waals surface area contributed by atoms with Crippen molar-refractivity contribution in [3.63, 3.8) is 0 Å². The van der Waals surface area contributed by atoms with Crippen LogP contribution in [0.5, 0.6) is 0 Å². The lowest BCUT2D eigenvalue weighted by Gasteiger charge is -2.37. The summed E-state index contributed by atoms with van der Waals surface area (Å²) >= 11 is 0. The van der Waals surface area contributed by atoms with Gasteiger partial charge in [-0.1, -0.05) is 0 Å². The summed E-state index contributed by atoms with van der Waals surface area (Å²) in [4.78, 5) is 3.01. The van der Waals surface area contributed by atoms with Gasteiger partial charge in [0.2, 0.25) is 0 Å².